The lowest BCUT2D eigenvalue weighted by molar-refractivity contribution is -0.384. The molecule has 0 fully saturated rings. The predicted octanol–water partition coefficient (Wildman–Crippen LogP) is 2.42. The second-order valence-corrected chi connectivity index (χ2v) is 5.35. The van der Waals surface area contributed by atoms with E-state index < -0.39 is 10.2 Å². The fraction of sp³-hybridized carbons (Fsp3) is 0.0714. The molecular weight excluding hydrogens is 290 g/mol. The lowest BCUT2D eigenvalue weighted by Crippen LogP contribution is -2.33. The molecule has 3 N–H and O–H groups in total. The second-order valence-electron chi connectivity index (χ2n) is 4.17. The summed E-state index contributed by atoms with van der Waals surface area (Å²) in [6.07, 6.45) is 0. The van der Waals surface area contributed by atoms with Crippen LogP contribution in [0.3, 0.4) is 0 Å². The molecule has 0 bridgehead atoms. The molecule has 0 aliphatic heterocycles. The summed E-state index contributed by atoms with van der Waals surface area (Å²) in [5.74, 6) is 4.90. The number of thioether (sulfide) groups is 1. The van der Waals surface area contributed by atoms with Gasteiger partial charge in [-0.2, -0.15) is 0 Å². The number of nitro benzene ring substituents is 1. The highest BCUT2D eigenvalue weighted by Gasteiger charge is 2.21. The van der Waals surface area contributed by atoms with Crippen LogP contribution in [0.15, 0.2) is 59.5 Å². The number of amides is 1. The normalized spacial score (nSPS) is 11.7. The van der Waals surface area contributed by atoms with Crippen molar-refractivity contribution in [2.24, 2.45) is 5.84 Å². The fourth-order valence-corrected chi connectivity index (χ4v) is 2.79. The molecule has 0 aliphatic carbocycles. The van der Waals surface area contributed by atoms with Crippen LogP contribution >= 0.6 is 11.8 Å². The molecule has 1 atom stereocenters. The van der Waals surface area contributed by atoms with E-state index in [9.17, 15) is 14.9 Å². The molecule has 7 heteroatoms. The van der Waals surface area contributed by atoms with E-state index >= 15 is 0 Å². The molecule has 0 spiro atoms. The third-order valence-electron chi connectivity index (χ3n) is 2.78. The Hall–Kier alpha value is -2.38. The molecule has 0 aliphatic rings. The molecule has 108 valence electrons. The number of benzene rings is 2. The number of nitrogens with zero attached hydrogens (tertiary/aromatic N) is 1. The van der Waals surface area contributed by atoms with E-state index in [1.165, 1.54) is 23.9 Å². The van der Waals surface area contributed by atoms with Crippen molar-refractivity contribution in [2.45, 2.75) is 10.1 Å². The molecule has 6 nitrogen and oxygen atoms in total. The maximum atomic E-state index is 11.9. The molecule has 2 rings (SSSR count). The van der Waals surface area contributed by atoms with Crippen LogP contribution in [0.1, 0.15) is 10.8 Å². The van der Waals surface area contributed by atoms with Crippen molar-refractivity contribution < 1.29 is 9.72 Å². The Morgan fingerprint density at radius 2 is 1.76 bits per heavy atom. The molecule has 0 saturated carbocycles. The predicted molar refractivity (Wildman–Crippen MR) is 80.5 cm³/mol. The van der Waals surface area contributed by atoms with E-state index in [0.717, 1.165) is 10.5 Å². The van der Waals surface area contributed by atoms with Gasteiger partial charge < -0.3 is 0 Å². The first-order valence-electron chi connectivity index (χ1n) is 6.08. The zero-order chi connectivity index (χ0) is 15.2. The first-order valence-corrected chi connectivity index (χ1v) is 6.96. The van der Waals surface area contributed by atoms with Gasteiger partial charge in [0.1, 0.15) is 5.25 Å². The number of carbonyl (C=O) groups excluding carboxylic acids is 1. The Kier molecular flexibility index (Phi) is 4.91. The van der Waals surface area contributed by atoms with Gasteiger partial charge in [0.15, 0.2) is 0 Å². The van der Waals surface area contributed by atoms with Crippen molar-refractivity contribution in [1.82, 2.24) is 5.43 Å². The van der Waals surface area contributed by atoms with E-state index in [-0.39, 0.29) is 11.6 Å². The number of hydrogen-bond acceptors (Lipinski definition) is 5. The zero-order valence-corrected chi connectivity index (χ0v) is 11.7. The summed E-state index contributed by atoms with van der Waals surface area (Å²) >= 11 is 1.28. The number of hydrogen-bond donors (Lipinski definition) is 2. The Morgan fingerprint density at radius 1 is 1.14 bits per heavy atom. The van der Waals surface area contributed by atoms with Crippen LogP contribution in [0, 0.1) is 10.1 Å². The van der Waals surface area contributed by atoms with E-state index in [1.54, 1.807) is 12.1 Å². The minimum absolute atomic E-state index is 0.0129. The van der Waals surface area contributed by atoms with Crippen molar-refractivity contribution in [3.05, 3.63) is 70.3 Å². The van der Waals surface area contributed by atoms with Gasteiger partial charge in [0.2, 0.25) is 0 Å². The van der Waals surface area contributed by atoms with E-state index in [1.807, 2.05) is 30.3 Å². The van der Waals surface area contributed by atoms with Crippen molar-refractivity contribution in [2.75, 3.05) is 0 Å². The quantitative estimate of drug-likeness (QED) is 0.290. The van der Waals surface area contributed by atoms with Gasteiger partial charge in [-0.05, 0) is 17.7 Å². The van der Waals surface area contributed by atoms with Crippen LogP contribution in [0.2, 0.25) is 0 Å². The average molecular weight is 303 g/mol. The number of nitrogens with one attached hydrogen (secondary N) is 1. The SMILES string of the molecule is NNC(=O)C(Sc1ccc([N+](=O)[O-])cc1)c1ccccc1. The van der Waals surface area contributed by atoms with Gasteiger partial charge in [0.05, 0.1) is 4.92 Å². The Labute approximate surface area is 125 Å². The summed E-state index contributed by atoms with van der Waals surface area (Å²) in [7, 11) is 0. The molecule has 0 saturated heterocycles. The Bertz CT molecular complexity index is 632. The number of nitrogens with two attached hydrogens (primary N) is 1. The molecule has 1 amide bonds. The van der Waals surface area contributed by atoms with Gasteiger partial charge in [-0.15, -0.1) is 11.8 Å². The highest BCUT2D eigenvalue weighted by atomic mass is 32.2. The summed E-state index contributed by atoms with van der Waals surface area (Å²) in [6, 6.07) is 15.2. The van der Waals surface area contributed by atoms with Crippen LogP contribution in [0.4, 0.5) is 5.69 Å². The molecule has 0 radical (unpaired) electrons. The minimum atomic E-state index is -0.516. The summed E-state index contributed by atoms with van der Waals surface area (Å²) in [5, 5.41) is 10.1. The Morgan fingerprint density at radius 3 is 2.29 bits per heavy atom. The van der Waals surface area contributed by atoms with Crippen LogP contribution in [0.5, 0.6) is 0 Å². The number of non-ortho nitro benzene ring substituents is 1. The molecule has 0 aromatic heterocycles. The topological polar surface area (TPSA) is 98.3 Å². The summed E-state index contributed by atoms with van der Waals surface area (Å²) in [5.41, 5.74) is 2.97. The van der Waals surface area contributed by atoms with E-state index in [2.05, 4.69) is 5.43 Å². The number of carbonyl (C=O) groups is 1. The van der Waals surface area contributed by atoms with Crippen molar-refractivity contribution in [3.8, 4) is 0 Å². The average Bonchev–Trinajstić information content (AvgIpc) is 2.53. The van der Waals surface area contributed by atoms with Gasteiger partial charge >= 0.3 is 0 Å². The van der Waals surface area contributed by atoms with Crippen LogP contribution < -0.4 is 11.3 Å². The third kappa shape index (κ3) is 3.80. The standard InChI is InChI=1S/C14H13N3O3S/c15-16-14(18)13(10-4-2-1-3-5-10)21-12-8-6-11(7-9-12)17(19)20/h1-9,13H,15H2,(H,16,18). The first-order chi connectivity index (χ1) is 10.1. The van der Waals surface area contributed by atoms with E-state index in [0.29, 0.717) is 0 Å². The first kappa shape index (κ1) is 15.0. The maximum Gasteiger partial charge on any atom is 0.269 e. The lowest BCUT2D eigenvalue weighted by atomic mass is 10.1. The Balaban J connectivity index is 2.23. The van der Waals surface area contributed by atoms with Crippen molar-refractivity contribution >= 4 is 23.4 Å². The maximum absolute atomic E-state index is 11.9. The number of nitro groups is 1. The summed E-state index contributed by atoms with van der Waals surface area (Å²) in [4.78, 5) is 22.8. The highest BCUT2D eigenvalue weighted by molar-refractivity contribution is 8.00. The monoisotopic (exact) mass is 303 g/mol. The molecule has 2 aromatic rings. The molecule has 1 unspecified atom stereocenters. The highest BCUT2D eigenvalue weighted by Crippen LogP contribution is 2.35. The van der Waals surface area contributed by atoms with Gasteiger partial charge in [-0.3, -0.25) is 20.3 Å². The van der Waals surface area contributed by atoms with E-state index in [4.69, 9.17) is 5.84 Å². The summed E-state index contributed by atoms with van der Waals surface area (Å²) in [6.45, 7) is 0. The number of rotatable bonds is 5. The summed E-state index contributed by atoms with van der Waals surface area (Å²) < 4.78 is 0. The third-order valence-corrected chi connectivity index (χ3v) is 4.05. The molecule has 21 heavy (non-hydrogen) atoms. The second kappa shape index (κ2) is 6.87. The van der Waals surface area contributed by atoms with Gasteiger partial charge in [0.25, 0.3) is 11.6 Å². The van der Waals surface area contributed by atoms with Crippen molar-refractivity contribution in [3.63, 3.8) is 0 Å². The number of hydrazine groups is 1. The smallest absolute Gasteiger partial charge is 0.269 e. The van der Waals surface area contributed by atoms with Gasteiger partial charge in [-0.25, -0.2) is 5.84 Å². The minimum Gasteiger partial charge on any atom is -0.293 e. The largest absolute Gasteiger partial charge is 0.293 e. The van der Waals surface area contributed by atoms with Crippen molar-refractivity contribution in [1.29, 1.82) is 0 Å². The van der Waals surface area contributed by atoms with Crippen LogP contribution in [0.25, 0.3) is 0 Å². The van der Waals surface area contributed by atoms with Gasteiger partial charge in [0, 0.05) is 17.0 Å². The molecule has 2 aromatic carbocycles. The van der Waals surface area contributed by atoms with Crippen LogP contribution in [-0.2, 0) is 4.79 Å². The van der Waals surface area contributed by atoms with Gasteiger partial charge in [-0.1, -0.05) is 30.3 Å². The lowest BCUT2D eigenvalue weighted by Gasteiger charge is -2.15. The fourth-order valence-electron chi connectivity index (χ4n) is 1.76. The van der Waals surface area contributed by atoms with Crippen LogP contribution in [-0.4, -0.2) is 10.8 Å². The zero-order valence-electron chi connectivity index (χ0n) is 10.9. The molecular formula is C14H13N3O3S. The molecule has 0 heterocycles.